The molecule has 0 saturated carbocycles. The van der Waals surface area contributed by atoms with Crippen LogP contribution in [0.15, 0.2) is 29.3 Å². The average Bonchev–Trinajstić information content (AvgIpc) is 3.15. The molecule has 1 aromatic carbocycles. The Bertz CT molecular complexity index is 1230. The van der Waals surface area contributed by atoms with E-state index in [0.717, 1.165) is 41.6 Å². The number of anilines is 1. The number of fused-ring (bicyclic) bond motifs is 3. The van der Waals surface area contributed by atoms with Crippen LogP contribution in [0.1, 0.15) is 35.3 Å². The Morgan fingerprint density at radius 1 is 1.22 bits per heavy atom. The SMILES string of the molecule is COc1ccc(C)cc1NC(=O)CCNC(=O)Cn1cnc2sc3c(c2c1=O)CCCC3. The van der Waals surface area contributed by atoms with E-state index < -0.39 is 0 Å². The fourth-order valence-corrected chi connectivity index (χ4v) is 5.17. The number of methoxy groups -OCH3 is 1. The molecule has 4 rings (SSSR count). The topological polar surface area (TPSA) is 102 Å². The lowest BCUT2D eigenvalue weighted by atomic mass is 9.97. The van der Waals surface area contributed by atoms with Crippen molar-refractivity contribution in [2.75, 3.05) is 19.0 Å². The number of carbonyl (C=O) groups is 2. The highest BCUT2D eigenvalue weighted by Crippen LogP contribution is 2.33. The fraction of sp³-hybridized carbons (Fsp3) is 0.391. The molecule has 2 N–H and O–H groups in total. The molecule has 0 atom stereocenters. The molecule has 8 nitrogen and oxygen atoms in total. The maximum atomic E-state index is 12.9. The first-order valence-electron chi connectivity index (χ1n) is 10.7. The highest BCUT2D eigenvalue weighted by Gasteiger charge is 2.20. The van der Waals surface area contributed by atoms with Crippen LogP contribution in [0.25, 0.3) is 10.2 Å². The number of nitrogens with zero attached hydrogens (tertiary/aromatic N) is 2. The first-order chi connectivity index (χ1) is 15.5. The van der Waals surface area contributed by atoms with Crippen LogP contribution in [0.3, 0.4) is 0 Å². The Balaban J connectivity index is 1.34. The van der Waals surface area contributed by atoms with Crippen molar-refractivity contribution < 1.29 is 14.3 Å². The molecule has 0 bridgehead atoms. The molecule has 1 aliphatic carbocycles. The molecular formula is C23H26N4O4S. The summed E-state index contributed by atoms with van der Waals surface area (Å²) in [5.41, 5.74) is 2.52. The first-order valence-corrected chi connectivity index (χ1v) is 11.5. The van der Waals surface area contributed by atoms with Crippen molar-refractivity contribution in [2.45, 2.75) is 45.6 Å². The monoisotopic (exact) mass is 454 g/mol. The minimum absolute atomic E-state index is 0.104. The van der Waals surface area contributed by atoms with Crippen LogP contribution < -0.4 is 20.9 Å². The summed E-state index contributed by atoms with van der Waals surface area (Å²) in [5, 5.41) is 6.16. The van der Waals surface area contributed by atoms with Crippen molar-refractivity contribution in [1.82, 2.24) is 14.9 Å². The number of amides is 2. The van der Waals surface area contributed by atoms with Crippen molar-refractivity contribution in [3.8, 4) is 5.75 Å². The van der Waals surface area contributed by atoms with E-state index in [2.05, 4.69) is 15.6 Å². The molecule has 3 aromatic rings. The van der Waals surface area contributed by atoms with Gasteiger partial charge in [-0.05, 0) is 55.9 Å². The third kappa shape index (κ3) is 4.67. The van der Waals surface area contributed by atoms with Gasteiger partial charge in [0.25, 0.3) is 5.56 Å². The second-order valence-electron chi connectivity index (χ2n) is 7.92. The van der Waals surface area contributed by atoms with Gasteiger partial charge in [-0.1, -0.05) is 6.07 Å². The van der Waals surface area contributed by atoms with E-state index >= 15 is 0 Å². The average molecular weight is 455 g/mol. The number of rotatable bonds is 7. The van der Waals surface area contributed by atoms with Crippen LogP contribution in [-0.4, -0.2) is 35.0 Å². The standard InChI is InChI=1S/C23H26N4O4S/c1-14-7-8-17(31-2)16(11-14)26-19(28)9-10-24-20(29)12-27-13-25-22-21(23(27)30)15-5-3-4-6-18(15)32-22/h7-8,11,13H,3-6,9-10,12H2,1-2H3,(H,24,29)(H,26,28). The van der Waals surface area contributed by atoms with Crippen LogP contribution >= 0.6 is 11.3 Å². The zero-order valence-corrected chi connectivity index (χ0v) is 19.0. The van der Waals surface area contributed by atoms with Crippen molar-refractivity contribution >= 4 is 39.1 Å². The maximum Gasteiger partial charge on any atom is 0.262 e. The molecule has 2 heterocycles. The number of carbonyl (C=O) groups excluding carboxylic acids is 2. The number of thiophene rings is 1. The summed E-state index contributed by atoms with van der Waals surface area (Å²) < 4.78 is 6.60. The summed E-state index contributed by atoms with van der Waals surface area (Å²) in [5.74, 6) is 0.00325. The van der Waals surface area contributed by atoms with E-state index in [9.17, 15) is 14.4 Å². The van der Waals surface area contributed by atoms with Gasteiger partial charge < -0.3 is 15.4 Å². The molecule has 0 saturated heterocycles. The first kappa shape index (κ1) is 22.0. The van der Waals surface area contributed by atoms with Gasteiger partial charge in [-0.25, -0.2) is 4.98 Å². The number of hydrogen-bond donors (Lipinski definition) is 2. The molecule has 168 valence electrons. The quantitative estimate of drug-likeness (QED) is 0.572. The molecule has 9 heteroatoms. The summed E-state index contributed by atoms with van der Waals surface area (Å²) in [6.07, 6.45) is 5.64. The number of nitrogens with one attached hydrogen (secondary N) is 2. The number of benzene rings is 1. The zero-order chi connectivity index (χ0) is 22.7. The lowest BCUT2D eigenvalue weighted by molar-refractivity contribution is -0.121. The normalized spacial score (nSPS) is 12.9. The van der Waals surface area contributed by atoms with Gasteiger partial charge in [-0.2, -0.15) is 0 Å². The van der Waals surface area contributed by atoms with E-state index in [0.29, 0.717) is 16.8 Å². The molecule has 0 spiro atoms. The summed E-state index contributed by atoms with van der Waals surface area (Å²) in [7, 11) is 1.54. The van der Waals surface area contributed by atoms with Crippen LogP contribution in [0, 0.1) is 6.92 Å². The number of ether oxygens (including phenoxy) is 1. The summed E-state index contributed by atoms with van der Waals surface area (Å²) in [6.45, 7) is 1.96. The van der Waals surface area contributed by atoms with Crippen LogP contribution in [0.5, 0.6) is 5.75 Å². The highest BCUT2D eigenvalue weighted by molar-refractivity contribution is 7.18. The lowest BCUT2D eigenvalue weighted by Crippen LogP contribution is -2.34. The van der Waals surface area contributed by atoms with Gasteiger partial charge in [0.1, 0.15) is 17.1 Å². The smallest absolute Gasteiger partial charge is 0.262 e. The summed E-state index contributed by atoms with van der Waals surface area (Å²) >= 11 is 1.58. The molecule has 0 unspecified atom stereocenters. The Kier molecular flexibility index (Phi) is 6.55. The minimum atomic E-state index is -0.335. The molecule has 1 aliphatic rings. The van der Waals surface area contributed by atoms with Gasteiger partial charge >= 0.3 is 0 Å². The third-order valence-electron chi connectivity index (χ3n) is 5.56. The molecular weight excluding hydrogens is 428 g/mol. The van der Waals surface area contributed by atoms with Crippen LogP contribution in [0.4, 0.5) is 5.69 Å². The van der Waals surface area contributed by atoms with E-state index in [1.165, 1.54) is 15.8 Å². The molecule has 2 aromatic heterocycles. The zero-order valence-electron chi connectivity index (χ0n) is 18.2. The molecule has 32 heavy (non-hydrogen) atoms. The highest BCUT2D eigenvalue weighted by atomic mass is 32.1. The predicted molar refractivity (Wildman–Crippen MR) is 125 cm³/mol. The predicted octanol–water partition coefficient (Wildman–Crippen LogP) is 2.80. The fourth-order valence-electron chi connectivity index (χ4n) is 3.95. The molecule has 0 aliphatic heterocycles. The second kappa shape index (κ2) is 9.52. The Hall–Kier alpha value is -3.20. The number of hydrogen-bond acceptors (Lipinski definition) is 6. The summed E-state index contributed by atoms with van der Waals surface area (Å²) in [4.78, 5) is 44.0. The van der Waals surface area contributed by atoms with Crippen molar-refractivity contribution in [1.29, 1.82) is 0 Å². The Morgan fingerprint density at radius 3 is 2.84 bits per heavy atom. The van der Waals surface area contributed by atoms with Crippen LogP contribution in [-0.2, 0) is 29.0 Å². The largest absolute Gasteiger partial charge is 0.495 e. The molecule has 0 radical (unpaired) electrons. The van der Waals surface area contributed by atoms with Gasteiger partial charge in [-0.3, -0.25) is 19.0 Å². The van der Waals surface area contributed by atoms with Crippen LogP contribution in [0.2, 0.25) is 0 Å². The Morgan fingerprint density at radius 2 is 2.03 bits per heavy atom. The minimum Gasteiger partial charge on any atom is -0.495 e. The second-order valence-corrected chi connectivity index (χ2v) is 9.00. The van der Waals surface area contributed by atoms with Crippen molar-refractivity contribution in [3.05, 3.63) is 50.9 Å². The van der Waals surface area contributed by atoms with Gasteiger partial charge in [0.05, 0.1) is 24.5 Å². The molecule has 2 amide bonds. The maximum absolute atomic E-state index is 12.9. The lowest BCUT2D eigenvalue weighted by Gasteiger charge is -2.12. The van der Waals surface area contributed by atoms with E-state index in [1.54, 1.807) is 24.5 Å². The molecule has 0 fully saturated rings. The van der Waals surface area contributed by atoms with Crippen molar-refractivity contribution in [3.63, 3.8) is 0 Å². The van der Waals surface area contributed by atoms with E-state index in [-0.39, 0.29) is 36.9 Å². The Labute approximate surface area is 189 Å². The van der Waals surface area contributed by atoms with E-state index in [4.69, 9.17) is 4.74 Å². The van der Waals surface area contributed by atoms with Gasteiger partial charge in [0, 0.05) is 17.8 Å². The number of aromatic nitrogens is 2. The van der Waals surface area contributed by atoms with Gasteiger partial charge in [0.15, 0.2) is 0 Å². The van der Waals surface area contributed by atoms with Gasteiger partial charge in [-0.15, -0.1) is 11.3 Å². The van der Waals surface area contributed by atoms with E-state index in [1.807, 2.05) is 19.1 Å². The third-order valence-corrected chi connectivity index (χ3v) is 6.76. The van der Waals surface area contributed by atoms with Crippen molar-refractivity contribution in [2.24, 2.45) is 0 Å². The number of aryl methyl sites for hydroxylation is 3. The summed E-state index contributed by atoms with van der Waals surface area (Å²) in [6, 6.07) is 5.52. The van der Waals surface area contributed by atoms with Gasteiger partial charge in [0.2, 0.25) is 11.8 Å².